The maximum Gasteiger partial charge on any atom is 0.226 e. The number of imidazole rings is 1. The molecule has 0 saturated carbocycles. The second-order valence-corrected chi connectivity index (χ2v) is 5.23. The number of aromatic amines is 1. The number of hydrogen-bond donors (Lipinski definition) is 1. The Bertz CT molecular complexity index is 582. The Hall–Kier alpha value is -1.84. The summed E-state index contributed by atoms with van der Waals surface area (Å²) in [7, 11) is 0. The van der Waals surface area contributed by atoms with Gasteiger partial charge in [0.1, 0.15) is 5.82 Å². The van der Waals surface area contributed by atoms with E-state index >= 15 is 0 Å². The molecule has 0 bridgehead atoms. The van der Waals surface area contributed by atoms with Gasteiger partial charge in [0.2, 0.25) is 5.91 Å². The summed E-state index contributed by atoms with van der Waals surface area (Å²) in [4.78, 5) is 21.9. The summed E-state index contributed by atoms with van der Waals surface area (Å²) < 4.78 is 0. The first-order chi connectivity index (χ1) is 9.63. The molecule has 0 spiro atoms. The van der Waals surface area contributed by atoms with Gasteiger partial charge in [-0.05, 0) is 37.5 Å². The van der Waals surface area contributed by atoms with Gasteiger partial charge in [-0.1, -0.05) is 19.9 Å². The summed E-state index contributed by atoms with van der Waals surface area (Å²) in [6.45, 7) is 7.84. The molecular weight excluding hydrogens is 250 g/mol. The SMILES string of the molecule is CCCN(CCC)C(=O)Cc1ccc2nc(C)[nH]c2c1. The minimum absolute atomic E-state index is 0.212. The highest BCUT2D eigenvalue weighted by Crippen LogP contribution is 2.14. The van der Waals surface area contributed by atoms with Gasteiger partial charge in [-0.3, -0.25) is 4.79 Å². The largest absolute Gasteiger partial charge is 0.342 e. The van der Waals surface area contributed by atoms with E-state index in [-0.39, 0.29) is 5.91 Å². The number of aromatic nitrogens is 2. The number of carbonyl (C=O) groups is 1. The van der Waals surface area contributed by atoms with Crippen LogP contribution in [0.3, 0.4) is 0 Å². The number of fused-ring (bicyclic) bond motifs is 1. The fourth-order valence-electron chi connectivity index (χ4n) is 2.48. The van der Waals surface area contributed by atoms with Gasteiger partial charge in [0.15, 0.2) is 0 Å². The molecule has 4 nitrogen and oxygen atoms in total. The zero-order valence-corrected chi connectivity index (χ0v) is 12.6. The van der Waals surface area contributed by atoms with Crippen molar-refractivity contribution < 1.29 is 4.79 Å². The molecule has 0 radical (unpaired) electrons. The van der Waals surface area contributed by atoms with Gasteiger partial charge in [0, 0.05) is 13.1 Å². The maximum absolute atomic E-state index is 12.3. The van der Waals surface area contributed by atoms with Crippen molar-refractivity contribution in [3.05, 3.63) is 29.6 Å². The minimum atomic E-state index is 0.212. The highest BCUT2D eigenvalue weighted by atomic mass is 16.2. The fourth-order valence-corrected chi connectivity index (χ4v) is 2.48. The quantitative estimate of drug-likeness (QED) is 0.879. The number of nitrogens with one attached hydrogen (secondary N) is 1. The average Bonchev–Trinajstić information content (AvgIpc) is 2.77. The van der Waals surface area contributed by atoms with Gasteiger partial charge in [-0.25, -0.2) is 4.98 Å². The van der Waals surface area contributed by atoms with E-state index in [0.717, 1.165) is 48.4 Å². The molecule has 0 unspecified atom stereocenters. The molecule has 0 saturated heterocycles. The Morgan fingerprint density at radius 1 is 1.25 bits per heavy atom. The third-order valence-electron chi connectivity index (χ3n) is 3.36. The molecule has 1 amide bonds. The lowest BCUT2D eigenvalue weighted by molar-refractivity contribution is -0.130. The molecule has 2 aromatic rings. The van der Waals surface area contributed by atoms with Crippen LogP contribution in [0.1, 0.15) is 38.1 Å². The van der Waals surface area contributed by atoms with Crippen LogP contribution in [-0.4, -0.2) is 33.9 Å². The molecule has 1 N–H and O–H groups in total. The fraction of sp³-hybridized carbons (Fsp3) is 0.500. The minimum Gasteiger partial charge on any atom is -0.342 e. The van der Waals surface area contributed by atoms with Crippen LogP contribution in [0, 0.1) is 6.92 Å². The summed E-state index contributed by atoms with van der Waals surface area (Å²) in [6, 6.07) is 6.01. The van der Waals surface area contributed by atoms with Gasteiger partial charge in [-0.15, -0.1) is 0 Å². The molecular formula is C16H23N3O. The molecule has 20 heavy (non-hydrogen) atoms. The van der Waals surface area contributed by atoms with E-state index in [1.807, 2.05) is 30.0 Å². The van der Waals surface area contributed by atoms with Crippen LogP contribution in [0.15, 0.2) is 18.2 Å². The normalized spacial score (nSPS) is 10.9. The Kier molecular flexibility index (Phi) is 4.77. The third kappa shape index (κ3) is 3.38. The van der Waals surface area contributed by atoms with Crippen LogP contribution in [0.2, 0.25) is 0 Å². The van der Waals surface area contributed by atoms with Gasteiger partial charge in [-0.2, -0.15) is 0 Å². The van der Waals surface area contributed by atoms with E-state index in [2.05, 4.69) is 23.8 Å². The molecule has 2 rings (SSSR count). The predicted octanol–water partition coefficient (Wildman–Crippen LogP) is 3.06. The van der Waals surface area contributed by atoms with Crippen LogP contribution in [0.4, 0.5) is 0 Å². The second-order valence-electron chi connectivity index (χ2n) is 5.23. The lowest BCUT2D eigenvalue weighted by atomic mass is 10.1. The summed E-state index contributed by atoms with van der Waals surface area (Å²) >= 11 is 0. The molecule has 108 valence electrons. The van der Waals surface area contributed by atoms with E-state index in [1.54, 1.807) is 0 Å². The number of rotatable bonds is 6. The van der Waals surface area contributed by atoms with Crippen LogP contribution >= 0.6 is 0 Å². The Morgan fingerprint density at radius 2 is 1.95 bits per heavy atom. The first-order valence-electron chi connectivity index (χ1n) is 7.37. The van der Waals surface area contributed by atoms with E-state index in [4.69, 9.17) is 0 Å². The zero-order chi connectivity index (χ0) is 14.5. The van der Waals surface area contributed by atoms with Crippen molar-refractivity contribution in [2.45, 2.75) is 40.0 Å². The van der Waals surface area contributed by atoms with Gasteiger partial charge >= 0.3 is 0 Å². The molecule has 1 heterocycles. The predicted molar refractivity (Wildman–Crippen MR) is 81.7 cm³/mol. The zero-order valence-electron chi connectivity index (χ0n) is 12.6. The monoisotopic (exact) mass is 273 g/mol. The lowest BCUT2D eigenvalue weighted by Gasteiger charge is -2.21. The van der Waals surface area contributed by atoms with E-state index in [0.29, 0.717) is 6.42 Å². The van der Waals surface area contributed by atoms with E-state index in [1.165, 1.54) is 0 Å². The number of amides is 1. The van der Waals surface area contributed by atoms with Crippen molar-refractivity contribution in [3.63, 3.8) is 0 Å². The Balaban J connectivity index is 2.11. The highest BCUT2D eigenvalue weighted by Gasteiger charge is 2.13. The summed E-state index contributed by atoms with van der Waals surface area (Å²) in [5.41, 5.74) is 3.01. The standard InChI is InChI=1S/C16H23N3O/c1-4-8-19(9-5-2)16(20)11-13-6-7-14-15(10-13)18-12(3)17-14/h6-7,10H,4-5,8-9,11H2,1-3H3,(H,17,18). The van der Waals surface area contributed by atoms with Crippen LogP contribution < -0.4 is 0 Å². The van der Waals surface area contributed by atoms with Crippen molar-refractivity contribution in [3.8, 4) is 0 Å². The third-order valence-corrected chi connectivity index (χ3v) is 3.36. The topological polar surface area (TPSA) is 49.0 Å². The molecule has 0 aliphatic rings. The number of nitrogens with zero attached hydrogens (tertiary/aromatic N) is 2. The van der Waals surface area contributed by atoms with Crippen molar-refractivity contribution in [2.75, 3.05) is 13.1 Å². The number of carbonyl (C=O) groups excluding carboxylic acids is 1. The number of hydrogen-bond acceptors (Lipinski definition) is 2. The first kappa shape index (κ1) is 14.6. The van der Waals surface area contributed by atoms with Crippen LogP contribution in [-0.2, 0) is 11.2 Å². The molecule has 0 atom stereocenters. The summed E-state index contributed by atoms with van der Waals surface area (Å²) in [5, 5.41) is 0. The van der Waals surface area contributed by atoms with Crippen LogP contribution in [0.25, 0.3) is 11.0 Å². The first-order valence-corrected chi connectivity index (χ1v) is 7.37. The Morgan fingerprint density at radius 3 is 2.60 bits per heavy atom. The highest BCUT2D eigenvalue weighted by molar-refractivity contribution is 5.81. The number of H-pyrrole nitrogens is 1. The van der Waals surface area contributed by atoms with Crippen molar-refractivity contribution in [2.24, 2.45) is 0 Å². The van der Waals surface area contributed by atoms with E-state index < -0.39 is 0 Å². The van der Waals surface area contributed by atoms with Gasteiger partial charge in [0.25, 0.3) is 0 Å². The van der Waals surface area contributed by atoms with Crippen molar-refractivity contribution >= 4 is 16.9 Å². The maximum atomic E-state index is 12.3. The van der Waals surface area contributed by atoms with Crippen molar-refractivity contribution in [1.29, 1.82) is 0 Å². The van der Waals surface area contributed by atoms with E-state index in [9.17, 15) is 4.79 Å². The average molecular weight is 273 g/mol. The Labute approximate surface area is 120 Å². The van der Waals surface area contributed by atoms with Gasteiger partial charge < -0.3 is 9.88 Å². The molecule has 1 aromatic heterocycles. The second kappa shape index (κ2) is 6.55. The molecule has 0 aliphatic carbocycles. The number of aryl methyl sites for hydroxylation is 1. The molecule has 0 aliphatic heterocycles. The number of benzene rings is 1. The van der Waals surface area contributed by atoms with Crippen molar-refractivity contribution in [1.82, 2.24) is 14.9 Å². The molecule has 0 fully saturated rings. The van der Waals surface area contributed by atoms with Crippen LogP contribution in [0.5, 0.6) is 0 Å². The summed E-state index contributed by atoms with van der Waals surface area (Å²) in [5.74, 6) is 1.12. The lowest BCUT2D eigenvalue weighted by Crippen LogP contribution is -2.33. The van der Waals surface area contributed by atoms with Gasteiger partial charge in [0.05, 0.1) is 17.5 Å². The summed E-state index contributed by atoms with van der Waals surface area (Å²) in [6.07, 6.45) is 2.48. The smallest absolute Gasteiger partial charge is 0.226 e. The molecule has 1 aromatic carbocycles. The molecule has 4 heteroatoms.